The summed E-state index contributed by atoms with van der Waals surface area (Å²) in [4.78, 5) is 0. The fourth-order valence-electron chi connectivity index (χ4n) is 3.19. The van der Waals surface area contributed by atoms with E-state index < -0.39 is 11.6 Å². The molecule has 0 fully saturated rings. The van der Waals surface area contributed by atoms with Crippen molar-refractivity contribution in [1.82, 2.24) is 0 Å². The Hall–Kier alpha value is -2.42. The van der Waals surface area contributed by atoms with Gasteiger partial charge in [-0.05, 0) is 54.0 Å². The van der Waals surface area contributed by atoms with Crippen LogP contribution >= 0.6 is 0 Å². The van der Waals surface area contributed by atoms with Crippen molar-refractivity contribution in [3.63, 3.8) is 0 Å². The van der Waals surface area contributed by atoms with Crippen molar-refractivity contribution in [2.45, 2.75) is 39.5 Å². The molecule has 0 radical (unpaired) electrons. The second-order valence-corrected chi connectivity index (χ2v) is 6.53. The van der Waals surface area contributed by atoms with Gasteiger partial charge in [0.25, 0.3) is 0 Å². The number of unbranched alkanes of at least 4 members (excludes halogenated alkanes) is 2. The number of rotatable bonds is 7. The Balaban J connectivity index is 1.91. The quantitative estimate of drug-likeness (QED) is 0.419. The monoisotopic (exact) mass is 354 g/mol. The maximum Gasteiger partial charge on any atom is 0.201 e. The van der Waals surface area contributed by atoms with Crippen LogP contribution in [0.5, 0.6) is 5.75 Å². The molecule has 136 valence electrons. The van der Waals surface area contributed by atoms with Gasteiger partial charge >= 0.3 is 0 Å². The van der Waals surface area contributed by atoms with Crippen LogP contribution in [0.3, 0.4) is 0 Å². The Bertz CT molecular complexity index is 885. The lowest BCUT2D eigenvalue weighted by atomic mass is 9.98. The molecule has 0 aromatic heterocycles. The lowest BCUT2D eigenvalue weighted by Crippen LogP contribution is -1.98. The third-order valence-corrected chi connectivity index (χ3v) is 4.64. The second kappa shape index (κ2) is 8.31. The summed E-state index contributed by atoms with van der Waals surface area (Å²) in [5.74, 6) is -1.83. The summed E-state index contributed by atoms with van der Waals surface area (Å²) in [5.41, 5.74) is 3.18. The fourth-order valence-corrected chi connectivity index (χ4v) is 3.19. The largest absolute Gasteiger partial charge is 0.491 e. The average molecular weight is 354 g/mol. The van der Waals surface area contributed by atoms with Gasteiger partial charge in [0.2, 0.25) is 5.82 Å². The molecule has 3 aromatic carbocycles. The van der Waals surface area contributed by atoms with Crippen molar-refractivity contribution in [3.8, 4) is 16.9 Å². The molecule has 1 nitrogen and oxygen atoms in total. The van der Waals surface area contributed by atoms with E-state index >= 15 is 0 Å². The van der Waals surface area contributed by atoms with Gasteiger partial charge in [-0.2, -0.15) is 4.39 Å². The van der Waals surface area contributed by atoms with Crippen LogP contribution in [-0.4, -0.2) is 6.61 Å². The molecule has 0 atom stereocenters. The molecular formula is C23H24F2O. The zero-order chi connectivity index (χ0) is 18.5. The van der Waals surface area contributed by atoms with Gasteiger partial charge in [0.15, 0.2) is 11.6 Å². The van der Waals surface area contributed by atoms with Crippen LogP contribution in [0.4, 0.5) is 8.78 Å². The van der Waals surface area contributed by atoms with Crippen LogP contribution in [0.15, 0.2) is 48.5 Å². The van der Waals surface area contributed by atoms with Gasteiger partial charge in [0.05, 0.1) is 6.61 Å². The second-order valence-electron chi connectivity index (χ2n) is 6.53. The molecule has 3 heteroatoms. The highest BCUT2D eigenvalue weighted by Gasteiger charge is 2.15. The van der Waals surface area contributed by atoms with E-state index in [0.29, 0.717) is 12.0 Å². The Morgan fingerprint density at radius 3 is 2.23 bits per heavy atom. The van der Waals surface area contributed by atoms with Crippen LogP contribution in [-0.2, 0) is 6.42 Å². The van der Waals surface area contributed by atoms with Crippen molar-refractivity contribution in [3.05, 3.63) is 65.7 Å². The van der Waals surface area contributed by atoms with Gasteiger partial charge in [-0.1, -0.05) is 56.2 Å². The van der Waals surface area contributed by atoms with E-state index in [2.05, 4.69) is 19.1 Å². The first-order valence-electron chi connectivity index (χ1n) is 9.28. The standard InChI is InChI=1S/C23H24F2O/c1-3-5-6-7-16-8-10-17(11-9-16)18-12-13-19-15-21(26-4-2)23(25)22(24)20(19)14-18/h8-15H,3-7H2,1-2H3. The number of aryl methyl sites for hydroxylation is 1. The summed E-state index contributed by atoms with van der Waals surface area (Å²) in [6.07, 6.45) is 4.72. The van der Waals surface area contributed by atoms with Gasteiger partial charge in [0, 0.05) is 5.39 Å². The molecule has 0 bridgehead atoms. The maximum absolute atomic E-state index is 14.5. The summed E-state index contributed by atoms with van der Waals surface area (Å²) in [7, 11) is 0. The molecule has 0 heterocycles. The van der Waals surface area contributed by atoms with Crippen LogP contribution in [0.2, 0.25) is 0 Å². The van der Waals surface area contributed by atoms with Crippen molar-refractivity contribution >= 4 is 10.8 Å². The maximum atomic E-state index is 14.5. The van der Waals surface area contributed by atoms with E-state index in [1.165, 1.54) is 24.8 Å². The molecule has 0 amide bonds. The first kappa shape index (κ1) is 18.4. The van der Waals surface area contributed by atoms with E-state index in [9.17, 15) is 8.78 Å². The molecule has 3 rings (SSSR count). The van der Waals surface area contributed by atoms with E-state index in [-0.39, 0.29) is 11.1 Å². The predicted molar refractivity (Wildman–Crippen MR) is 104 cm³/mol. The Morgan fingerprint density at radius 1 is 0.808 bits per heavy atom. The van der Waals surface area contributed by atoms with E-state index in [0.717, 1.165) is 17.5 Å². The lowest BCUT2D eigenvalue weighted by Gasteiger charge is -2.10. The highest BCUT2D eigenvalue weighted by atomic mass is 19.2. The molecule has 0 aliphatic heterocycles. The van der Waals surface area contributed by atoms with Crippen molar-refractivity contribution in [2.24, 2.45) is 0 Å². The molecule has 0 aliphatic carbocycles. The minimum absolute atomic E-state index is 0.0401. The summed E-state index contributed by atoms with van der Waals surface area (Å²) in [5, 5.41) is 0.905. The van der Waals surface area contributed by atoms with Crippen LogP contribution in [0, 0.1) is 11.6 Å². The van der Waals surface area contributed by atoms with Crippen molar-refractivity contribution in [2.75, 3.05) is 6.61 Å². The molecule has 0 spiro atoms. The summed E-state index contributed by atoms with van der Waals surface area (Å²) >= 11 is 0. The van der Waals surface area contributed by atoms with Gasteiger partial charge < -0.3 is 4.74 Å². The van der Waals surface area contributed by atoms with Gasteiger partial charge in [-0.3, -0.25) is 0 Å². The normalized spacial score (nSPS) is 11.1. The SMILES string of the molecule is CCCCCc1ccc(-c2ccc3cc(OCC)c(F)c(F)c3c2)cc1. The van der Waals surface area contributed by atoms with Gasteiger partial charge in [-0.25, -0.2) is 4.39 Å². The highest BCUT2D eigenvalue weighted by molar-refractivity contribution is 5.89. The minimum atomic E-state index is -0.928. The number of hydrogen-bond donors (Lipinski definition) is 0. The molecule has 3 aromatic rings. The summed E-state index contributed by atoms with van der Waals surface area (Å²) in [6, 6.07) is 15.3. The first-order valence-corrected chi connectivity index (χ1v) is 9.28. The molecule has 0 N–H and O–H groups in total. The molecule has 0 unspecified atom stereocenters. The van der Waals surface area contributed by atoms with Crippen molar-refractivity contribution in [1.29, 1.82) is 0 Å². The van der Waals surface area contributed by atoms with Gasteiger partial charge in [0.1, 0.15) is 0 Å². The van der Waals surface area contributed by atoms with Crippen LogP contribution in [0.25, 0.3) is 21.9 Å². The van der Waals surface area contributed by atoms with E-state index in [4.69, 9.17) is 4.74 Å². The molecule has 26 heavy (non-hydrogen) atoms. The number of fused-ring (bicyclic) bond motifs is 1. The molecule has 0 aliphatic rings. The van der Waals surface area contributed by atoms with Crippen LogP contribution in [0.1, 0.15) is 38.7 Å². The number of ether oxygens (including phenoxy) is 1. The van der Waals surface area contributed by atoms with E-state index in [1.54, 1.807) is 19.1 Å². The minimum Gasteiger partial charge on any atom is -0.491 e. The zero-order valence-corrected chi connectivity index (χ0v) is 15.3. The Morgan fingerprint density at radius 2 is 1.54 bits per heavy atom. The summed E-state index contributed by atoms with van der Waals surface area (Å²) in [6.45, 7) is 4.24. The Kier molecular flexibility index (Phi) is 5.87. The first-order chi connectivity index (χ1) is 12.6. The fraction of sp³-hybridized carbons (Fsp3) is 0.304. The lowest BCUT2D eigenvalue weighted by molar-refractivity contribution is 0.315. The average Bonchev–Trinajstić information content (AvgIpc) is 2.67. The highest BCUT2D eigenvalue weighted by Crippen LogP contribution is 2.32. The number of benzene rings is 3. The van der Waals surface area contributed by atoms with Crippen molar-refractivity contribution < 1.29 is 13.5 Å². The van der Waals surface area contributed by atoms with Crippen LogP contribution < -0.4 is 4.74 Å². The third kappa shape index (κ3) is 3.87. The van der Waals surface area contributed by atoms with E-state index in [1.807, 2.05) is 24.3 Å². The number of halogens is 2. The number of hydrogen-bond acceptors (Lipinski definition) is 1. The topological polar surface area (TPSA) is 9.23 Å². The smallest absolute Gasteiger partial charge is 0.201 e. The third-order valence-electron chi connectivity index (χ3n) is 4.64. The zero-order valence-electron chi connectivity index (χ0n) is 15.3. The molecule has 0 saturated heterocycles. The summed E-state index contributed by atoms with van der Waals surface area (Å²) < 4.78 is 33.8. The van der Waals surface area contributed by atoms with Gasteiger partial charge in [-0.15, -0.1) is 0 Å². The predicted octanol–water partition coefficient (Wildman–Crippen LogP) is 6.92. The Labute approximate surface area is 153 Å². The molecule has 0 saturated carbocycles. The molecular weight excluding hydrogens is 330 g/mol.